The zero-order valence-electron chi connectivity index (χ0n) is 35.7. The lowest BCUT2D eigenvalue weighted by Crippen LogP contribution is -2.75. The van der Waals surface area contributed by atoms with Crippen molar-refractivity contribution in [1.29, 1.82) is 0 Å². The quantitative estimate of drug-likeness (QED) is 0.170. The molecule has 0 aromatic heterocycles. The lowest BCUT2D eigenvalue weighted by molar-refractivity contribution is -0.456. The number of hydrogen-bond donors (Lipinski definition) is 9. The largest absolute Gasteiger partial charge is 0.393 e. The predicted octanol–water partition coefficient (Wildman–Crippen LogP) is 0.445. The van der Waals surface area contributed by atoms with Crippen molar-refractivity contribution < 1.29 is 79.1 Å². The molecule has 9 aliphatic rings. The predicted molar refractivity (Wildman–Crippen MR) is 208 cm³/mol. The third-order valence-electron chi connectivity index (χ3n) is 17.7. The minimum atomic E-state index is -2.19. The molecule has 16 heteroatoms. The molecule has 3 saturated carbocycles. The van der Waals surface area contributed by atoms with E-state index in [1.807, 2.05) is 0 Å². The summed E-state index contributed by atoms with van der Waals surface area (Å²) >= 11 is 0. The smallest absolute Gasteiger partial charge is 0.204 e. The Balaban J connectivity index is 1.12. The standard InChI is InChI=1S/C44H70O16/c1-18-9-12-43(55-16-18)19(2)30-28(59-43)15-26-24-8-7-22-13-23(45)14-29(42(22,6)25(24)10-11-41(26,30)5)44(60-39-36(52)33(49)27(46)17-54-39)38(35(51)32(48)21(4)58-44)57-40-37(53)34(50)31(47)20(3)56-40/h7,18-21,23-40,45-53H,8-17H2,1-6H3. The van der Waals surface area contributed by atoms with E-state index in [2.05, 4.69) is 33.8 Å². The molecule has 60 heavy (non-hydrogen) atoms. The molecule has 16 nitrogen and oxygen atoms in total. The van der Waals surface area contributed by atoms with Gasteiger partial charge in [-0.25, -0.2) is 0 Å². The van der Waals surface area contributed by atoms with Gasteiger partial charge in [0.1, 0.15) is 54.9 Å². The van der Waals surface area contributed by atoms with Crippen LogP contribution in [0.5, 0.6) is 0 Å². The van der Waals surface area contributed by atoms with Crippen LogP contribution in [0.1, 0.15) is 92.9 Å². The summed E-state index contributed by atoms with van der Waals surface area (Å²) < 4.78 is 45.5. The minimum Gasteiger partial charge on any atom is -0.393 e. The van der Waals surface area contributed by atoms with Gasteiger partial charge in [0.05, 0.1) is 37.6 Å². The van der Waals surface area contributed by atoms with Crippen LogP contribution in [0.15, 0.2) is 11.6 Å². The van der Waals surface area contributed by atoms with E-state index in [4.69, 9.17) is 33.2 Å². The summed E-state index contributed by atoms with van der Waals surface area (Å²) in [5.74, 6) is -2.11. The van der Waals surface area contributed by atoms with Crippen molar-refractivity contribution in [1.82, 2.24) is 0 Å². The van der Waals surface area contributed by atoms with Gasteiger partial charge < -0.3 is 79.1 Å². The first kappa shape index (κ1) is 44.3. The summed E-state index contributed by atoms with van der Waals surface area (Å²) in [5, 5.41) is 101. The van der Waals surface area contributed by atoms with Crippen LogP contribution in [0.3, 0.4) is 0 Å². The maximum absolute atomic E-state index is 12.2. The van der Waals surface area contributed by atoms with Gasteiger partial charge in [-0.05, 0) is 99.2 Å². The monoisotopic (exact) mass is 854 g/mol. The van der Waals surface area contributed by atoms with E-state index in [0.717, 1.165) is 44.1 Å². The highest BCUT2D eigenvalue weighted by molar-refractivity contribution is 5.30. The van der Waals surface area contributed by atoms with Crippen molar-refractivity contribution in [2.45, 2.75) is 196 Å². The molecule has 1 spiro atoms. The normalized spacial score (nSPS) is 60.4. The molecule has 342 valence electrons. The number of allylic oxidation sites excluding steroid dienone is 1. The second kappa shape index (κ2) is 15.6. The Kier molecular flexibility index (Phi) is 11.5. The molecule has 4 aliphatic carbocycles. The Labute approximate surface area is 352 Å². The molecule has 8 fully saturated rings. The van der Waals surface area contributed by atoms with Gasteiger partial charge in [-0.2, -0.15) is 0 Å². The van der Waals surface area contributed by atoms with Gasteiger partial charge in [0.15, 0.2) is 18.4 Å². The van der Waals surface area contributed by atoms with Crippen molar-refractivity contribution in [2.24, 2.45) is 52.3 Å². The van der Waals surface area contributed by atoms with Crippen LogP contribution in [0.2, 0.25) is 0 Å². The molecule has 0 amide bonds. The van der Waals surface area contributed by atoms with E-state index < -0.39 is 115 Å². The van der Waals surface area contributed by atoms with E-state index in [0.29, 0.717) is 30.8 Å². The molecule has 5 saturated heterocycles. The van der Waals surface area contributed by atoms with Crippen molar-refractivity contribution in [2.75, 3.05) is 13.2 Å². The molecule has 9 N–H and O–H groups in total. The lowest BCUT2D eigenvalue weighted by atomic mass is 9.43. The summed E-state index contributed by atoms with van der Waals surface area (Å²) in [4.78, 5) is 0. The second-order valence-electron chi connectivity index (χ2n) is 20.9. The zero-order valence-corrected chi connectivity index (χ0v) is 35.7. The van der Waals surface area contributed by atoms with Crippen LogP contribution >= 0.6 is 0 Å². The zero-order chi connectivity index (χ0) is 43.0. The fourth-order valence-corrected chi connectivity index (χ4v) is 14.4. The average molecular weight is 855 g/mol. The first-order valence-corrected chi connectivity index (χ1v) is 22.7. The van der Waals surface area contributed by atoms with E-state index in [1.54, 1.807) is 6.92 Å². The first-order valence-electron chi connectivity index (χ1n) is 22.7. The minimum absolute atomic E-state index is 0.00472. The maximum atomic E-state index is 12.2. The van der Waals surface area contributed by atoms with Gasteiger partial charge in [0, 0.05) is 18.3 Å². The summed E-state index contributed by atoms with van der Waals surface area (Å²) in [5.41, 5.74) is 0.145. The second-order valence-corrected chi connectivity index (χ2v) is 20.9. The molecule has 0 bridgehead atoms. The Bertz CT molecular complexity index is 1610. The van der Waals surface area contributed by atoms with E-state index in [1.165, 1.54) is 6.92 Å². The highest BCUT2D eigenvalue weighted by Crippen LogP contribution is 2.72. The summed E-state index contributed by atoms with van der Waals surface area (Å²) in [7, 11) is 0. The van der Waals surface area contributed by atoms with Gasteiger partial charge in [0.25, 0.3) is 0 Å². The van der Waals surface area contributed by atoms with Crippen LogP contribution in [0, 0.1) is 52.3 Å². The molecule has 0 radical (unpaired) electrons. The molecule has 26 unspecified atom stereocenters. The molecular weight excluding hydrogens is 784 g/mol. The molecule has 9 rings (SSSR count). The SMILES string of the molecule is CC1CCC2(OC1)OC1CC3C4CC=C5CC(O)CC(C6(OC7OCC(O)C(O)C7O)OC(C)C(O)C(O)C6OC6OC(C)C(O)C(O)C6O)C5(C)C4CCC3(C)C1C2C. The van der Waals surface area contributed by atoms with Gasteiger partial charge in [-0.3, -0.25) is 0 Å². The van der Waals surface area contributed by atoms with Crippen molar-refractivity contribution in [3.8, 4) is 0 Å². The van der Waals surface area contributed by atoms with Crippen LogP contribution in [0.4, 0.5) is 0 Å². The Hall–Kier alpha value is -0.900. The van der Waals surface area contributed by atoms with Crippen LogP contribution < -0.4 is 0 Å². The third-order valence-corrected chi connectivity index (χ3v) is 17.7. The number of rotatable bonds is 5. The Morgan fingerprint density at radius 1 is 0.717 bits per heavy atom. The van der Waals surface area contributed by atoms with Gasteiger partial charge >= 0.3 is 0 Å². The lowest BCUT2D eigenvalue weighted by Gasteiger charge is -2.65. The molecule has 5 aliphatic heterocycles. The van der Waals surface area contributed by atoms with Crippen LogP contribution in [0.25, 0.3) is 0 Å². The van der Waals surface area contributed by atoms with Crippen molar-refractivity contribution in [3.05, 3.63) is 11.6 Å². The number of aliphatic hydroxyl groups is 9. The van der Waals surface area contributed by atoms with Crippen LogP contribution in [-0.2, 0) is 33.2 Å². The molecule has 26 atom stereocenters. The first-order chi connectivity index (χ1) is 28.3. The van der Waals surface area contributed by atoms with E-state index >= 15 is 0 Å². The van der Waals surface area contributed by atoms with Crippen molar-refractivity contribution >= 4 is 0 Å². The third kappa shape index (κ3) is 6.51. The average Bonchev–Trinajstić information content (AvgIpc) is 3.66. The Morgan fingerprint density at radius 2 is 1.43 bits per heavy atom. The Morgan fingerprint density at radius 3 is 2.15 bits per heavy atom. The van der Waals surface area contributed by atoms with Gasteiger partial charge in [0.2, 0.25) is 5.79 Å². The number of hydrogen-bond acceptors (Lipinski definition) is 16. The summed E-state index contributed by atoms with van der Waals surface area (Å²) in [6.07, 6.45) is -13.2. The van der Waals surface area contributed by atoms with Gasteiger partial charge in [-0.15, -0.1) is 0 Å². The topological polar surface area (TPSA) is 247 Å². The maximum Gasteiger partial charge on any atom is 0.204 e. The van der Waals surface area contributed by atoms with E-state index in [-0.39, 0.29) is 35.7 Å². The van der Waals surface area contributed by atoms with E-state index in [9.17, 15) is 46.0 Å². The fourth-order valence-electron chi connectivity index (χ4n) is 14.4. The molecule has 0 aromatic carbocycles. The van der Waals surface area contributed by atoms with Crippen LogP contribution in [-0.4, -0.2) is 163 Å². The highest BCUT2D eigenvalue weighted by Gasteiger charge is 2.73. The molecular formula is C44H70O16. The molecule has 5 heterocycles. The number of ether oxygens (including phenoxy) is 7. The number of aliphatic hydroxyl groups excluding tert-OH is 9. The number of fused-ring (bicyclic) bond motifs is 7. The van der Waals surface area contributed by atoms with Gasteiger partial charge in [-0.1, -0.05) is 39.3 Å². The summed E-state index contributed by atoms with van der Waals surface area (Å²) in [6, 6.07) is 0. The van der Waals surface area contributed by atoms with Crippen molar-refractivity contribution in [3.63, 3.8) is 0 Å². The molecule has 0 aromatic rings. The summed E-state index contributed by atoms with van der Waals surface area (Å²) in [6.45, 7) is 12.5. The highest BCUT2D eigenvalue weighted by atomic mass is 16.8. The fraction of sp³-hybridized carbons (Fsp3) is 0.955.